The molecule has 1 saturated carbocycles. The number of ketones is 1. The number of aryl methyl sites for hydroxylation is 1. The van der Waals surface area contributed by atoms with Crippen molar-refractivity contribution < 1.29 is 14.3 Å². The predicted molar refractivity (Wildman–Crippen MR) is 125 cm³/mol. The molecule has 0 heterocycles. The molecule has 0 amide bonds. The third-order valence-electron chi connectivity index (χ3n) is 6.47. The lowest BCUT2D eigenvalue weighted by atomic mass is 9.71. The molecule has 4 heteroatoms. The van der Waals surface area contributed by atoms with E-state index in [4.69, 9.17) is 4.74 Å². The van der Waals surface area contributed by atoms with E-state index in [1.165, 1.54) is 0 Å². The van der Waals surface area contributed by atoms with Gasteiger partial charge in [0.15, 0.2) is 5.78 Å². The Bertz CT molecular complexity index is 767. The van der Waals surface area contributed by atoms with Gasteiger partial charge in [0.1, 0.15) is 5.92 Å². The Morgan fingerprint density at radius 1 is 1.17 bits per heavy atom. The van der Waals surface area contributed by atoms with Crippen molar-refractivity contribution in [2.24, 2.45) is 23.7 Å². The van der Waals surface area contributed by atoms with Crippen LogP contribution < -0.4 is 0 Å². The Morgan fingerprint density at radius 2 is 1.93 bits per heavy atom. The van der Waals surface area contributed by atoms with Gasteiger partial charge in [-0.1, -0.05) is 36.4 Å². The zero-order valence-corrected chi connectivity index (χ0v) is 19.6. The highest BCUT2D eigenvalue weighted by Crippen LogP contribution is 2.38. The van der Waals surface area contributed by atoms with Gasteiger partial charge in [0, 0.05) is 9.49 Å². The maximum Gasteiger partial charge on any atom is 0.316 e. The molecule has 1 aromatic carbocycles. The molecule has 0 saturated heterocycles. The second-order valence-electron chi connectivity index (χ2n) is 8.27. The number of hydrogen-bond donors (Lipinski definition) is 0. The molecule has 2 unspecified atom stereocenters. The number of allylic oxidation sites excluding steroid dienone is 4. The summed E-state index contributed by atoms with van der Waals surface area (Å²) in [5.41, 5.74) is 2.21. The van der Waals surface area contributed by atoms with E-state index in [0.29, 0.717) is 24.9 Å². The van der Waals surface area contributed by atoms with E-state index in [1.807, 2.05) is 25.1 Å². The van der Waals surface area contributed by atoms with Crippen molar-refractivity contribution in [2.75, 3.05) is 6.61 Å². The quantitative estimate of drug-likeness (QED) is 0.266. The van der Waals surface area contributed by atoms with Crippen molar-refractivity contribution >= 4 is 34.3 Å². The van der Waals surface area contributed by atoms with Gasteiger partial charge in [0.25, 0.3) is 0 Å². The topological polar surface area (TPSA) is 43.4 Å². The van der Waals surface area contributed by atoms with Crippen LogP contribution in [0.5, 0.6) is 0 Å². The molecule has 156 valence electrons. The molecule has 2 atom stereocenters. The van der Waals surface area contributed by atoms with Crippen LogP contribution in [-0.4, -0.2) is 18.4 Å². The van der Waals surface area contributed by atoms with E-state index >= 15 is 0 Å². The first-order valence-electron chi connectivity index (χ1n) is 10.8. The van der Waals surface area contributed by atoms with Gasteiger partial charge in [0.2, 0.25) is 0 Å². The number of benzene rings is 1. The van der Waals surface area contributed by atoms with Gasteiger partial charge in [-0.25, -0.2) is 0 Å². The van der Waals surface area contributed by atoms with E-state index in [1.54, 1.807) is 6.92 Å². The normalized spacial score (nSPS) is 24.9. The van der Waals surface area contributed by atoms with Crippen molar-refractivity contribution in [1.82, 2.24) is 0 Å². The van der Waals surface area contributed by atoms with E-state index in [9.17, 15) is 9.59 Å². The molecule has 2 aliphatic carbocycles. The van der Waals surface area contributed by atoms with Crippen LogP contribution >= 0.6 is 22.6 Å². The minimum Gasteiger partial charge on any atom is -0.465 e. The largest absolute Gasteiger partial charge is 0.465 e. The second kappa shape index (κ2) is 10.6. The summed E-state index contributed by atoms with van der Waals surface area (Å²) in [6, 6.07) is 6.09. The van der Waals surface area contributed by atoms with Gasteiger partial charge in [-0.3, -0.25) is 9.59 Å². The number of carbonyl (C=O) groups excluding carboxylic acids is 2. The second-order valence-corrected chi connectivity index (χ2v) is 9.43. The van der Waals surface area contributed by atoms with E-state index in [0.717, 1.165) is 46.8 Å². The number of Topliss-reactive ketones (excluding diaryl/α,β-unsaturated/α-hetero) is 1. The lowest BCUT2D eigenvalue weighted by molar-refractivity contribution is -0.153. The van der Waals surface area contributed by atoms with Crippen LogP contribution in [0.25, 0.3) is 0 Å². The molecular weight excluding hydrogens is 475 g/mol. The number of esters is 1. The minimum atomic E-state index is -0.691. The van der Waals surface area contributed by atoms with Crippen LogP contribution in [0.15, 0.2) is 42.5 Å². The number of rotatable bonds is 7. The summed E-state index contributed by atoms with van der Waals surface area (Å²) in [6.45, 7) is 4.15. The zero-order chi connectivity index (χ0) is 20.8. The van der Waals surface area contributed by atoms with Gasteiger partial charge in [0.05, 0.1) is 6.61 Å². The molecule has 1 fully saturated rings. The molecule has 0 N–H and O–H groups in total. The molecule has 3 nitrogen and oxygen atoms in total. The van der Waals surface area contributed by atoms with Crippen LogP contribution in [0.4, 0.5) is 0 Å². The maximum absolute atomic E-state index is 13.4. The van der Waals surface area contributed by atoms with Crippen LogP contribution in [0.2, 0.25) is 0 Å². The molecule has 1 aromatic rings. The van der Waals surface area contributed by atoms with Gasteiger partial charge < -0.3 is 4.74 Å². The summed E-state index contributed by atoms with van der Waals surface area (Å²) < 4.78 is 6.41. The van der Waals surface area contributed by atoms with Crippen LogP contribution in [-0.2, 0) is 20.7 Å². The number of carbonyl (C=O) groups is 2. The fourth-order valence-corrected chi connectivity index (χ4v) is 5.59. The average Bonchev–Trinajstić information content (AvgIpc) is 2.74. The average molecular weight is 506 g/mol. The Labute approximate surface area is 188 Å². The molecule has 0 radical (unpaired) electrons. The smallest absolute Gasteiger partial charge is 0.316 e. The van der Waals surface area contributed by atoms with Crippen molar-refractivity contribution in [3.05, 3.63) is 57.2 Å². The predicted octanol–water partition coefficient (Wildman–Crippen LogP) is 5.83. The van der Waals surface area contributed by atoms with Crippen LogP contribution in [0, 0.1) is 34.2 Å². The molecule has 0 spiro atoms. The highest BCUT2D eigenvalue weighted by Gasteiger charge is 2.37. The first-order chi connectivity index (χ1) is 14.0. The Balaban J connectivity index is 1.69. The first-order valence-corrected chi connectivity index (χ1v) is 11.9. The summed E-state index contributed by atoms with van der Waals surface area (Å²) in [6.07, 6.45) is 14.3. The SMILES string of the molecule is CCOC(=O)C(Cc1c(C)cccc1I)C(=O)C1CCC(C2C=CC=CC2)CC1. The molecule has 3 rings (SSSR count). The standard InChI is InChI=1S/C25H31IO3/c1-3-29-25(28)22(16-21-17(2)8-7-11-23(21)26)24(27)20-14-12-19(13-15-20)18-9-5-4-6-10-18/h4-9,11,18-20,22H,3,10,12-16H2,1-2H3. The fraction of sp³-hybridized carbons (Fsp3) is 0.520. The fourth-order valence-electron chi connectivity index (χ4n) is 4.74. The van der Waals surface area contributed by atoms with Gasteiger partial charge in [-0.15, -0.1) is 0 Å². The first kappa shape index (κ1) is 22.3. The molecule has 29 heavy (non-hydrogen) atoms. The van der Waals surface area contributed by atoms with Crippen molar-refractivity contribution in [3.63, 3.8) is 0 Å². The molecular formula is C25H31IO3. The number of ether oxygens (including phenoxy) is 1. The zero-order valence-electron chi connectivity index (χ0n) is 17.4. The lowest BCUT2D eigenvalue weighted by Crippen LogP contribution is -2.35. The minimum absolute atomic E-state index is 0.0227. The van der Waals surface area contributed by atoms with Crippen molar-refractivity contribution in [3.8, 4) is 0 Å². The highest BCUT2D eigenvalue weighted by atomic mass is 127. The lowest BCUT2D eigenvalue weighted by Gasteiger charge is -2.33. The third-order valence-corrected chi connectivity index (χ3v) is 7.48. The van der Waals surface area contributed by atoms with Crippen LogP contribution in [0.3, 0.4) is 0 Å². The van der Waals surface area contributed by atoms with E-state index in [-0.39, 0.29) is 17.7 Å². The summed E-state index contributed by atoms with van der Waals surface area (Å²) in [5.74, 6) is 0.261. The Morgan fingerprint density at radius 3 is 2.55 bits per heavy atom. The third kappa shape index (κ3) is 5.59. The maximum atomic E-state index is 13.4. The Kier molecular flexibility index (Phi) is 8.10. The summed E-state index contributed by atoms with van der Waals surface area (Å²) >= 11 is 2.29. The summed E-state index contributed by atoms with van der Waals surface area (Å²) in [5, 5.41) is 0. The molecule has 0 aliphatic heterocycles. The van der Waals surface area contributed by atoms with Crippen LogP contribution in [0.1, 0.15) is 50.2 Å². The van der Waals surface area contributed by atoms with Gasteiger partial charge in [-0.05, 0) is 104 Å². The molecule has 0 aromatic heterocycles. The molecule has 2 aliphatic rings. The molecule has 0 bridgehead atoms. The van der Waals surface area contributed by atoms with Crippen molar-refractivity contribution in [1.29, 1.82) is 0 Å². The van der Waals surface area contributed by atoms with Crippen molar-refractivity contribution in [2.45, 2.75) is 52.4 Å². The van der Waals surface area contributed by atoms with Gasteiger partial charge in [-0.2, -0.15) is 0 Å². The summed E-state index contributed by atoms with van der Waals surface area (Å²) in [4.78, 5) is 26.1. The van der Waals surface area contributed by atoms with E-state index < -0.39 is 5.92 Å². The monoisotopic (exact) mass is 506 g/mol. The van der Waals surface area contributed by atoms with Gasteiger partial charge >= 0.3 is 5.97 Å². The Hall–Kier alpha value is -1.43. The summed E-state index contributed by atoms with van der Waals surface area (Å²) in [7, 11) is 0. The number of halogens is 1. The number of hydrogen-bond acceptors (Lipinski definition) is 3. The highest BCUT2D eigenvalue weighted by molar-refractivity contribution is 14.1. The van der Waals surface area contributed by atoms with E-state index in [2.05, 4.69) is 46.9 Å².